The van der Waals surface area contributed by atoms with Crippen LogP contribution in [0.4, 0.5) is 0 Å². The number of carbonyl (C=O) groups excluding carboxylic acids is 1. The van der Waals surface area contributed by atoms with Gasteiger partial charge in [-0.3, -0.25) is 4.79 Å². The van der Waals surface area contributed by atoms with Gasteiger partial charge in [-0.2, -0.15) is 0 Å². The molecule has 0 saturated carbocycles. The summed E-state index contributed by atoms with van der Waals surface area (Å²) >= 11 is 0. The van der Waals surface area contributed by atoms with Crippen molar-refractivity contribution in [1.82, 2.24) is 5.32 Å². The topological polar surface area (TPSA) is 56.8 Å². The lowest BCUT2D eigenvalue weighted by Crippen LogP contribution is -2.31. The van der Waals surface area contributed by atoms with E-state index in [1.807, 2.05) is 12.1 Å². The van der Waals surface area contributed by atoms with Crippen LogP contribution in [0.15, 0.2) is 36.4 Å². The van der Waals surface area contributed by atoms with Gasteiger partial charge in [-0.05, 0) is 30.4 Å². The minimum absolute atomic E-state index is 0.00949. The van der Waals surface area contributed by atoms with Crippen LogP contribution in [0, 0.1) is 0 Å². The monoisotopic (exact) mass is 341 g/mol. The van der Waals surface area contributed by atoms with E-state index in [0.29, 0.717) is 22.8 Å². The number of rotatable bonds is 5. The van der Waals surface area contributed by atoms with Gasteiger partial charge >= 0.3 is 0 Å². The standard InChI is InChI=1S/C20H23NO4/c1-23-17-12-19(25-3)18(24-2)11-15(17)20(22)21-16-10-6-8-13-7-4-5-9-14(13)16/h4-5,7,9,11-12,16H,6,8,10H2,1-3H3,(H,21,22)/t16-/m0/s1. The molecule has 1 aliphatic rings. The van der Waals surface area contributed by atoms with Crippen LogP contribution in [0.25, 0.3) is 0 Å². The number of aryl methyl sites for hydroxylation is 1. The van der Waals surface area contributed by atoms with Gasteiger partial charge < -0.3 is 19.5 Å². The molecule has 132 valence electrons. The summed E-state index contributed by atoms with van der Waals surface area (Å²) in [7, 11) is 4.63. The molecule has 2 aromatic rings. The molecule has 5 heteroatoms. The SMILES string of the molecule is COc1cc(OC)c(C(=O)N[C@H]2CCCc3ccccc32)cc1OC. The third-order valence-electron chi connectivity index (χ3n) is 4.63. The van der Waals surface area contributed by atoms with Crippen LogP contribution in [0.5, 0.6) is 17.2 Å². The molecular formula is C20H23NO4. The second-order valence-electron chi connectivity index (χ2n) is 6.02. The van der Waals surface area contributed by atoms with Crippen LogP contribution in [0.2, 0.25) is 0 Å². The Morgan fingerprint density at radius 3 is 2.40 bits per heavy atom. The molecule has 3 rings (SSSR count). The number of methoxy groups -OCH3 is 3. The Morgan fingerprint density at radius 1 is 1.00 bits per heavy atom. The normalized spacial score (nSPS) is 15.9. The van der Waals surface area contributed by atoms with E-state index in [9.17, 15) is 4.79 Å². The van der Waals surface area contributed by atoms with Crippen molar-refractivity contribution in [1.29, 1.82) is 0 Å². The quantitative estimate of drug-likeness (QED) is 0.904. The Hall–Kier alpha value is -2.69. The van der Waals surface area contributed by atoms with Gasteiger partial charge in [0.25, 0.3) is 5.91 Å². The number of nitrogens with one attached hydrogen (secondary N) is 1. The first-order valence-corrected chi connectivity index (χ1v) is 8.36. The predicted molar refractivity (Wildman–Crippen MR) is 95.7 cm³/mol. The second-order valence-corrected chi connectivity index (χ2v) is 6.02. The Bertz CT molecular complexity index is 772. The number of hydrogen-bond donors (Lipinski definition) is 1. The van der Waals surface area contributed by atoms with Crippen molar-refractivity contribution < 1.29 is 19.0 Å². The molecule has 1 N–H and O–H groups in total. The molecule has 0 bridgehead atoms. The summed E-state index contributed by atoms with van der Waals surface area (Å²) in [5.41, 5.74) is 2.93. The van der Waals surface area contributed by atoms with Crippen molar-refractivity contribution in [2.24, 2.45) is 0 Å². The van der Waals surface area contributed by atoms with Crippen LogP contribution >= 0.6 is 0 Å². The van der Waals surface area contributed by atoms with Crippen LogP contribution in [0.3, 0.4) is 0 Å². The van der Waals surface area contributed by atoms with Gasteiger partial charge in [0.15, 0.2) is 11.5 Å². The molecule has 0 unspecified atom stereocenters. The van der Waals surface area contributed by atoms with E-state index in [1.54, 1.807) is 26.4 Å². The summed E-state index contributed by atoms with van der Waals surface area (Å²) in [5.74, 6) is 1.30. The van der Waals surface area contributed by atoms with Crippen LogP contribution in [-0.4, -0.2) is 27.2 Å². The summed E-state index contributed by atoms with van der Waals surface area (Å²) < 4.78 is 16.0. The van der Waals surface area contributed by atoms with E-state index >= 15 is 0 Å². The number of fused-ring (bicyclic) bond motifs is 1. The average Bonchev–Trinajstić information content (AvgIpc) is 2.67. The van der Waals surface area contributed by atoms with Gasteiger partial charge in [-0.25, -0.2) is 0 Å². The van der Waals surface area contributed by atoms with Gasteiger partial charge in [0.2, 0.25) is 0 Å². The molecule has 1 amide bonds. The first kappa shape index (κ1) is 17.1. The van der Waals surface area contributed by atoms with Crippen LogP contribution in [-0.2, 0) is 6.42 Å². The fraction of sp³-hybridized carbons (Fsp3) is 0.350. The Labute approximate surface area is 147 Å². The van der Waals surface area contributed by atoms with Gasteiger partial charge in [0, 0.05) is 12.1 Å². The molecule has 0 heterocycles. The minimum atomic E-state index is -0.181. The maximum absolute atomic E-state index is 12.9. The largest absolute Gasteiger partial charge is 0.496 e. The number of ether oxygens (including phenoxy) is 3. The number of benzene rings is 2. The summed E-state index contributed by atoms with van der Waals surface area (Å²) in [5, 5.41) is 3.14. The zero-order valence-corrected chi connectivity index (χ0v) is 14.8. The van der Waals surface area contributed by atoms with Gasteiger partial charge in [-0.15, -0.1) is 0 Å². The summed E-state index contributed by atoms with van der Waals surface area (Å²) in [6.07, 6.45) is 3.05. The molecule has 0 aliphatic heterocycles. The van der Waals surface area contributed by atoms with Gasteiger partial charge in [0.05, 0.1) is 32.9 Å². The molecular weight excluding hydrogens is 318 g/mol. The van der Waals surface area contributed by atoms with Crippen molar-refractivity contribution in [2.45, 2.75) is 25.3 Å². The Morgan fingerprint density at radius 2 is 1.68 bits per heavy atom. The maximum atomic E-state index is 12.9. The number of carbonyl (C=O) groups is 1. The van der Waals surface area contributed by atoms with Crippen molar-refractivity contribution in [3.8, 4) is 17.2 Å². The first-order valence-electron chi connectivity index (χ1n) is 8.36. The molecule has 1 atom stereocenters. The van der Waals surface area contributed by atoms with Gasteiger partial charge in [-0.1, -0.05) is 24.3 Å². The summed E-state index contributed by atoms with van der Waals surface area (Å²) in [6.45, 7) is 0. The molecule has 0 saturated heterocycles. The van der Waals surface area contributed by atoms with E-state index < -0.39 is 0 Å². The highest BCUT2D eigenvalue weighted by atomic mass is 16.5. The lowest BCUT2D eigenvalue weighted by Gasteiger charge is -2.26. The highest BCUT2D eigenvalue weighted by Gasteiger charge is 2.24. The fourth-order valence-corrected chi connectivity index (χ4v) is 3.35. The molecule has 25 heavy (non-hydrogen) atoms. The lowest BCUT2D eigenvalue weighted by atomic mass is 9.87. The molecule has 2 aromatic carbocycles. The number of amides is 1. The zero-order valence-electron chi connectivity index (χ0n) is 14.8. The maximum Gasteiger partial charge on any atom is 0.255 e. The molecule has 0 aromatic heterocycles. The van der Waals surface area contributed by atoms with E-state index in [4.69, 9.17) is 14.2 Å². The molecule has 0 radical (unpaired) electrons. The molecule has 1 aliphatic carbocycles. The summed E-state index contributed by atoms with van der Waals surface area (Å²) in [4.78, 5) is 12.9. The molecule has 0 fully saturated rings. The average molecular weight is 341 g/mol. The highest BCUT2D eigenvalue weighted by molar-refractivity contribution is 5.98. The Kier molecular flexibility index (Phi) is 5.12. The zero-order chi connectivity index (χ0) is 17.8. The smallest absolute Gasteiger partial charge is 0.255 e. The fourth-order valence-electron chi connectivity index (χ4n) is 3.35. The van der Waals surface area contributed by atoms with Gasteiger partial charge in [0.1, 0.15) is 5.75 Å². The molecule has 5 nitrogen and oxygen atoms in total. The third-order valence-corrected chi connectivity index (χ3v) is 4.63. The number of hydrogen-bond acceptors (Lipinski definition) is 4. The molecule has 0 spiro atoms. The second kappa shape index (κ2) is 7.47. The Balaban J connectivity index is 1.89. The van der Waals surface area contributed by atoms with Crippen molar-refractivity contribution in [2.75, 3.05) is 21.3 Å². The van der Waals surface area contributed by atoms with E-state index in [0.717, 1.165) is 19.3 Å². The van der Waals surface area contributed by atoms with Crippen molar-refractivity contribution in [3.63, 3.8) is 0 Å². The van der Waals surface area contributed by atoms with E-state index in [1.165, 1.54) is 18.2 Å². The van der Waals surface area contributed by atoms with E-state index in [2.05, 4.69) is 17.4 Å². The summed E-state index contributed by atoms with van der Waals surface area (Å²) in [6, 6.07) is 11.6. The predicted octanol–water partition coefficient (Wildman–Crippen LogP) is 3.52. The van der Waals surface area contributed by atoms with Crippen molar-refractivity contribution in [3.05, 3.63) is 53.1 Å². The first-order chi connectivity index (χ1) is 12.2. The lowest BCUT2D eigenvalue weighted by molar-refractivity contribution is 0.0929. The van der Waals surface area contributed by atoms with E-state index in [-0.39, 0.29) is 11.9 Å². The van der Waals surface area contributed by atoms with Crippen LogP contribution < -0.4 is 19.5 Å². The van der Waals surface area contributed by atoms with Crippen molar-refractivity contribution >= 4 is 5.91 Å². The minimum Gasteiger partial charge on any atom is -0.496 e. The highest BCUT2D eigenvalue weighted by Crippen LogP contribution is 2.35. The third kappa shape index (κ3) is 3.40. The van der Waals surface area contributed by atoms with Crippen LogP contribution in [0.1, 0.15) is 40.4 Å².